The number of hydrogen-bond acceptors (Lipinski definition) is 4. The third kappa shape index (κ3) is 5.53. The van der Waals surface area contributed by atoms with E-state index in [-0.39, 0.29) is 24.7 Å². The molecule has 5 rings (SSSR count). The topological polar surface area (TPSA) is 81.8 Å². The van der Waals surface area contributed by atoms with Crippen molar-refractivity contribution in [3.63, 3.8) is 0 Å². The highest BCUT2D eigenvalue weighted by Crippen LogP contribution is 2.31. The maximum atomic E-state index is 13.5. The molecule has 196 valence electrons. The van der Waals surface area contributed by atoms with Crippen LogP contribution in [0, 0.1) is 5.92 Å². The number of nitrogens with one attached hydrogen (secondary N) is 1. The number of hydrogen-bond donors (Lipinski definition) is 1. The van der Waals surface area contributed by atoms with Gasteiger partial charge in [-0.05, 0) is 25.0 Å². The monoisotopic (exact) mass is 521 g/mol. The van der Waals surface area contributed by atoms with Crippen LogP contribution >= 0.6 is 0 Å². The highest BCUT2D eigenvalue weighted by atomic mass is 19.4. The number of imidazole rings is 1. The summed E-state index contributed by atoms with van der Waals surface area (Å²) in [5.41, 5.74) is 0.512. The van der Waals surface area contributed by atoms with E-state index in [1.165, 1.54) is 0 Å². The molecule has 4 aromatic rings. The summed E-state index contributed by atoms with van der Waals surface area (Å²) in [6, 6.07) is 18.1. The molecule has 10 heteroatoms. The SMILES string of the molecule is O=C(NCCCC(=O)C1CCc2nc(-c3ccccc3)cn2C1)c1cn(-c2ccccc2)nc1C(F)(F)F. The van der Waals surface area contributed by atoms with E-state index in [9.17, 15) is 22.8 Å². The van der Waals surface area contributed by atoms with Gasteiger partial charge in [0.1, 0.15) is 11.6 Å². The fourth-order valence-corrected chi connectivity index (χ4v) is 4.68. The Bertz CT molecular complexity index is 1430. The summed E-state index contributed by atoms with van der Waals surface area (Å²) in [4.78, 5) is 30.1. The van der Waals surface area contributed by atoms with Crippen LogP contribution in [0.1, 0.15) is 41.1 Å². The van der Waals surface area contributed by atoms with E-state index in [4.69, 9.17) is 4.98 Å². The number of nitrogens with zero attached hydrogens (tertiary/aromatic N) is 4. The van der Waals surface area contributed by atoms with E-state index in [0.29, 0.717) is 31.5 Å². The smallest absolute Gasteiger partial charge is 0.352 e. The average molecular weight is 522 g/mol. The Morgan fingerprint density at radius 1 is 1.00 bits per heavy atom. The highest BCUT2D eigenvalue weighted by Gasteiger charge is 2.39. The van der Waals surface area contributed by atoms with Gasteiger partial charge in [-0.15, -0.1) is 0 Å². The Morgan fingerprint density at radius 3 is 2.42 bits per heavy atom. The van der Waals surface area contributed by atoms with Crippen molar-refractivity contribution < 1.29 is 22.8 Å². The third-order valence-electron chi connectivity index (χ3n) is 6.65. The third-order valence-corrected chi connectivity index (χ3v) is 6.65. The van der Waals surface area contributed by atoms with Gasteiger partial charge in [0.15, 0.2) is 5.69 Å². The zero-order valence-corrected chi connectivity index (χ0v) is 20.5. The van der Waals surface area contributed by atoms with Gasteiger partial charge < -0.3 is 9.88 Å². The number of ketones is 1. The van der Waals surface area contributed by atoms with Gasteiger partial charge >= 0.3 is 6.18 Å². The minimum Gasteiger partial charge on any atom is -0.352 e. The second-order valence-corrected chi connectivity index (χ2v) is 9.29. The predicted octanol–water partition coefficient (Wildman–Crippen LogP) is 5.10. The van der Waals surface area contributed by atoms with Gasteiger partial charge in [-0.3, -0.25) is 9.59 Å². The number of rotatable bonds is 8. The summed E-state index contributed by atoms with van der Waals surface area (Å²) in [6.45, 7) is 0.633. The molecule has 0 fully saturated rings. The lowest BCUT2D eigenvalue weighted by Gasteiger charge is -2.22. The fraction of sp³-hybridized carbons (Fsp3) is 0.286. The minimum atomic E-state index is -4.78. The molecule has 0 aliphatic carbocycles. The van der Waals surface area contributed by atoms with Gasteiger partial charge in [0, 0.05) is 49.8 Å². The highest BCUT2D eigenvalue weighted by molar-refractivity contribution is 5.95. The van der Waals surface area contributed by atoms with Gasteiger partial charge in [-0.25, -0.2) is 9.67 Å². The van der Waals surface area contributed by atoms with Gasteiger partial charge in [0.2, 0.25) is 0 Å². The number of amides is 1. The largest absolute Gasteiger partial charge is 0.435 e. The molecule has 1 atom stereocenters. The zero-order chi connectivity index (χ0) is 26.7. The van der Waals surface area contributed by atoms with Gasteiger partial charge in [0.25, 0.3) is 5.91 Å². The molecular formula is C28H26F3N5O2. The lowest BCUT2D eigenvalue weighted by Crippen LogP contribution is -2.29. The van der Waals surface area contributed by atoms with Crippen molar-refractivity contribution in [2.75, 3.05) is 6.54 Å². The molecule has 0 saturated carbocycles. The van der Waals surface area contributed by atoms with Crippen molar-refractivity contribution in [2.45, 2.75) is 38.4 Å². The first-order valence-corrected chi connectivity index (χ1v) is 12.4. The number of carbonyl (C=O) groups excluding carboxylic acids is 2. The van der Waals surface area contributed by atoms with Crippen LogP contribution in [-0.2, 0) is 23.9 Å². The predicted molar refractivity (Wildman–Crippen MR) is 135 cm³/mol. The van der Waals surface area contributed by atoms with Crippen molar-refractivity contribution >= 4 is 11.7 Å². The van der Waals surface area contributed by atoms with E-state index in [0.717, 1.165) is 28.0 Å². The molecular weight excluding hydrogens is 495 g/mol. The lowest BCUT2D eigenvalue weighted by atomic mass is 9.92. The molecule has 38 heavy (non-hydrogen) atoms. The summed E-state index contributed by atoms with van der Waals surface area (Å²) in [6.07, 6.45) is 0.230. The van der Waals surface area contributed by atoms with Crippen molar-refractivity contribution in [3.8, 4) is 16.9 Å². The van der Waals surface area contributed by atoms with E-state index >= 15 is 0 Å². The summed E-state index contributed by atoms with van der Waals surface area (Å²) >= 11 is 0. The molecule has 0 spiro atoms. The molecule has 1 aliphatic rings. The van der Waals surface area contributed by atoms with Crippen LogP contribution in [-0.4, -0.2) is 37.6 Å². The van der Waals surface area contributed by atoms with Crippen LogP contribution in [0.3, 0.4) is 0 Å². The maximum Gasteiger partial charge on any atom is 0.435 e. The first-order chi connectivity index (χ1) is 18.3. The summed E-state index contributed by atoms with van der Waals surface area (Å²) in [5, 5.41) is 6.11. The Labute approximate surface area is 217 Å². The molecule has 2 aromatic carbocycles. The second kappa shape index (κ2) is 10.6. The van der Waals surface area contributed by atoms with E-state index in [1.807, 2.05) is 41.1 Å². The van der Waals surface area contributed by atoms with Gasteiger partial charge in [0.05, 0.1) is 16.9 Å². The van der Waals surface area contributed by atoms with E-state index in [1.54, 1.807) is 30.3 Å². The summed E-state index contributed by atoms with van der Waals surface area (Å²) < 4.78 is 43.7. The average Bonchev–Trinajstić information content (AvgIpc) is 3.57. The molecule has 1 unspecified atom stereocenters. The van der Waals surface area contributed by atoms with Crippen molar-refractivity contribution in [2.24, 2.45) is 5.92 Å². The van der Waals surface area contributed by atoms with Crippen molar-refractivity contribution in [1.82, 2.24) is 24.6 Å². The first-order valence-electron chi connectivity index (χ1n) is 12.4. The normalized spacial score (nSPS) is 15.2. The Morgan fingerprint density at radius 2 is 1.71 bits per heavy atom. The molecule has 7 nitrogen and oxygen atoms in total. The van der Waals surface area contributed by atoms with Crippen LogP contribution < -0.4 is 5.32 Å². The number of carbonyl (C=O) groups is 2. The van der Waals surface area contributed by atoms with Crippen molar-refractivity contribution in [1.29, 1.82) is 0 Å². The van der Waals surface area contributed by atoms with Crippen LogP contribution in [0.5, 0.6) is 0 Å². The molecule has 3 heterocycles. The lowest BCUT2D eigenvalue weighted by molar-refractivity contribution is -0.141. The maximum absolute atomic E-state index is 13.5. The van der Waals surface area contributed by atoms with Gasteiger partial charge in [-0.2, -0.15) is 18.3 Å². The zero-order valence-electron chi connectivity index (χ0n) is 20.5. The number of aryl methyl sites for hydroxylation is 1. The number of alkyl halides is 3. The van der Waals surface area contributed by atoms with E-state index in [2.05, 4.69) is 10.4 Å². The van der Waals surface area contributed by atoms with Crippen LogP contribution in [0.15, 0.2) is 73.1 Å². The number of aromatic nitrogens is 4. The fourth-order valence-electron chi connectivity index (χ4n) is 4.68. The molecule has 2 aromatic heterocycles. The molecule has 1 aliphatic heterocycles. The number of halogens is 3. The quantitative estimate of drug-likeness (QED) is 0.327. The van der Waals surface area contributed by atoms with Gasteiger partial charge in [-0.1, -0.05) is 48.5 Å². The first kappa shape index (κ1) is 25.4. The molecule has 0 saturated heterocycles. The molecule has 1 amide bonds. The standard InChI is InChI=1S/C28H26F3N5O2/c29-28(30,31)26-22(17-36(34-26)21-10-5-2-6-11-21)27(38)32-15-7-12-24(37)20-13-14-25-33-23(18-35(25)16-20)19-8-3-1-4-9-19/h1-6,8-11,17-18,20H,7,12-16H2,(H,32,38). The minimum absolute atomic E-state index is 0.0766. The number of Topliss-reactive ketones (excluding diaryl/α,β-unsaturated/α-hetero) is 1. The molecule has 0 radical (unpaired) electrons. The Balaban J connectivity index is 1.15. The second-order valence-electron chi connectivity index (χ2n) is 9.29. The summed E-state index contributed by atoms with van der Waals surface area (Å²) in [7, 11) is 0. The number of fused-ring (bicyclic) bond motifs is 1. The van der Waals surface area contributed by atoms with Crippen molar-refractivity contribution in [3.05, 3.63) is 90.1 Å². The van der Waals surface area contributed by atoms with E-state index < -0.39 is 23.3 Å². The summed E-state index contributed by atoms with van der Waals surface area (Å²) in [5.74, 6) is 0.00232. The van der Waals surface area contributed by atoms with Crippen LogP contribution in [0.2, 0.25) is 0 Å². The number of para-hydroxylation sites is 1. The molecule has 1 N–H and O–H groups in total. The van der Waals surface area contributed by atoms with Crippen LogP contribution in [0.25, 0.3) is 16.9 Å². The Kier molecular flexibility index (Phi) is 7.13. The van der Waals surface area contributed by atoms with Crippen LogP contribution in [0.4, 0.5) is 13.2 Å². The Hall–Kier alpha value is -4.21. The number of benzene rings is 2. The molecule has 0 bridgehead atoms.